The van der Waals surface area contributed by atoms with Crippen LogP contribution < -0.4 is 0 Å². The number of carbonyl (C=O) groups excluding carboxylic acids is 1. The summed E-state index contributed by atoms with van der Waals surface area (Å²) in [7, 11) is 0. The highest BCUT2D eigenvalue weighted by Crippen LogP contribution is 1.91. The Morgan fingerprint density at radius 1 is 1.90 bits per heavy atom. The number of nitriles is 1. The minimum Gasteiger partial charge on any atom is -0.466 e. The Morgan fingerprint density at radius 2 is 2.50 bits per heavy atom. The van der Waals surface area contributed by atoms with Crippen LogP contribution in [0, 0.1) is 11.3 Å². The Bertz CT molecular complexity index is 150. The van der Waals surface area contributed by atoms with Crippen LogP contribution in [0.1, 0.15) is 13.3 Å². The summed E-state index contributed by atoms with van der Waals surface area (Å²) in [4.78, 5) is 10.5. The molecule has 1 atom stereocenters. The zero-order valence-corrected chi connectivity index (χ0v) is 5.70. The smallest absolute Gasteiger partial charge is 0.309 e. The predicted octanol–water partition coefficient (Wildman–Crippen LogP) is -0.176. The van der Waals surface area contributed by atoms with Crippen molar-refractivity contribution >= 4 is 5.97 Å². The number of aliphatic hydroxyl groups excluding tert-OH is 1. The highest BCUT2D eigenvalue weighted by molar-refractivity contribution is 5.70. The summed E-state index contributed by atoms with van der Waals surface area (Å²) in [5, 5.41) is 16.6. The average Bonchev–Trinajstić information content (AvgIpc) is 1.88. The molecule has 0 aliphatic heterocycles. The summed E-state index contributed by atoms with van der Waals surface area (Å²) in [6, 6.07) is 1.51. The molecule has 0 rings (SSSR count). The highest BCUT2D eigenvalue weighted by atomic mass is 16.5. The summed E-state index contributed by atoms with van der Waals surface area (Å²) in [5.41, 5.74) is 0. The zero-order valence-electron chi connectivity index (χ0n) is 5.70. The van der Waals surface area contributed by atoms with Gasteiger partial charge in [0.05, 0.1) is 19.1 Å². The number of esters is 1. The van der Waals surface area contributed by atoms with E-state index in [-0.39, 0.29) is 13.0 Å². The van der Waals surface area contributed by atoms with E-state index in [1.165, 1.54) is 6.07 Å². The van der Waals surface area contributed by atoms with Gasteiger partial charge in [-0.3, -0.25) is 4.79 Å². The Labute approximate surface area is 59.0 Å². The van der Waals surface area contributed by atoms with Crippen molar-refractivity contribution in [2.75, 3.05) is 6.61 Å². The fraction of sp³-hybridized carbons (Fsp3) is 0.667. The molecule has 0 radical (unpaired) electrons. The van der Waals surface area contributed by atoms with Crippen LogP contribution in [0.15, 0.2) is 0 Å². The second-order valence-electron chi connectivity index (χ2n) is 1.65. The van der Waals surface area contributed by atoms with Crippen LogP contribution in [0.5, 0.6) is 0 Å². The zero-order chi connectivity index (χ0) is 7.98. The van der Waals surface area contributed by atoms with Gasteiger partial charge in [0, 0.05) is 0 Å². The largest absolute Gasteiger partial charge is 0.466 e. The number of ether oxygens (including phenoxy) is 1. The third kappa shape index (κ3) is 3.87. The third-order valence-electron chi connectivity index (χ3n) is 0.814. The van der Waals surface area contributed by atoms with Gasteiger partial charge < -0.3 is 9.84 Å². The molecule has 0 aromatic rings. The Kier molecular flexibility index (Phi) is 4.25. The predicted molar refractivity (Wildman–Crippen MR) is 32.9 cm³/mol. The van der Waals surface area contributed by atoms with Gasteiger partial charge in [0.1, 0.15) is 0 Å². The van der Waals surface area contributed by atoms with E-state index in [1.54, 1.807) is 6.92 Å². The average molecular weight is 143 g/mol. The van der Waals surface area contributed by atoms with Gasteiger partial charge in [-0.05, 0) is 6.92 Å². The molecule has 0 saturated heterocycles. The van der Waals surface area contributed by atoms with Gasteiger partial charge >= 0.3 is 5.97 Å². The van der Waals surface area contributed by atoms with E-state index in [2.05, 4.69) is 4.74 Å². The maximum Gasteiger partial charge on any atom is 0.309 e. The summed E-state index contributed by atoms with van der Waals surface area (Å²) in [6.07, 6.45) is -1.48. The molecule has 0 spiro atoms. The molecule has 0 bridgehead atoms. The van der Waals surface area contributed by atoms with Crippen LogP contribution in [0.4, 0.5) is 0 Å². The standard InChI is InChI=1S/C6H9NO3/c1-2-10-6(9)3-5(8)4-7/h5,8H,2-3H2,1H3/t5-/m1/s1. The molecule has 10 heavy (non-hydrogen) atoms. The van der Waals surface area contributed by atoms with E-state index in [0.29, 0.717) is 0 Å². The fourth-order valence-electron chi connectivity index (χ4n) is 0.423. The monoisotopic (exact) mass is 143 g/mol. The van der Waals surface area contributed by atoms with Crippen LogP contribution in [-0.2, 0) is 9.53 Å². The van der Waals surface area contributed by atoms with Crippen LogP contribution in [0.25, 0.3) is 0 Å². The van der Waals surface area contributed by atoms with Crippen molar-refractivity contribution < 1.29 is 14.6 Å². The van der Waals surface area contributed by atoms with Gasteiger partial charge in [0.2, 0.25) is 0 Å². The van der Waals surface area contributed by atoms with Gasteiger partial charge in [-0.25, -0.2) is 0 Å². The lowest BCUT2D eigenvalue weighted by Crippen LogP contribution is -2.13. The molecular formula is C6H9NO3. The van der Waals surface area contributed by atoms with Crippen LogP contribution in [0.3, 0.4) is 0 Å². The maximum atomic E-state index is 10.5. The molecule has 1 N–H and O–H groups in total. The van der Waals surface area contributed by atoms with E-state index >= 15 is 0 Å². The molecule has 0 heterocycles. The van der Waals surface area contributed by atoms with Crippen molar-refractivity contribution in [3.05, 3.63) is 0 Å². The molecule has 0 unspecified atom stereocenters. The molecular weight excluding hydrogens is 134 g/mol. The second-order valence-corrected chi connectivity index (χ2v) is 1.65. The third-order valence-corrected chi connectivity index (χ3v) is 0.814. The van der Waals surface area contributed by atoms with Crippen LogP contribution >= 0.6 is 0 Å². The molecule has 0 aromatic heterocycles. The number of rotatable bonds is 3. The summed E-state index contributed by atoms with van der Waals surface area (Å²) in [5.74, 6) is -0.545. The van der Waals surface area contributed by atoms with Crippen molar-refractivity contribution in [2.45, 2.75) is 19.4 Å². The van der Waals surface area contributed by atoms with Crippen LogP contribution in [0.2, 0.25) is 0 Å². The first-order chi connectivity index (χ1) is 4.70. The van der Waals surface area contributed by atoms with Gasteiger partial charge in [0.15, 0.2) is 6.10 Å². The van der Waals surface area contributed by atoms with Gasteiger partial charge in [-0.1, -0.05) is 0 Å². The van der Waals surface area contributed by atoms with Gasteiger partial charge in [-0.15, -0.1) is 0 Å². The van der Waals surface area contributed by atoms with Crippen molar-refractivity contribution in [1.82, 2.24) is 0 Å². The molecule has 0 aromatic carbocycles. The summed E-state index contributed by atoms with van der Waals surface area (Å²) in [6.45, 7) is 1.94. The lowest BCUT2D eigenvalue weighted by molar-refractivity contribution is -0.144. The normalized spacial score (nSPS) is 11.7. The summed E-state index contributed by atoms with van der Waals surface area (Å²) >= 11 is 0. The number of hydrogen-bond acceptors (Lipinski definition) is 4. The van der Waals surface area contributed by atoms with E-state index in [4.69, 9.17) is 10.4 Å². The SMILES string of the molecule is CCOC(=O)C[C@@H](O)C#N. The molecule has 0 aliphatic rings. The lowest BCUT2D eigenvalue weighted by atomic mass is 10.3. The maximum absolute atomic E-state index is 10.5. The molecule has 56 valence electrons. The van der Waals surface area contributed by atoms with Gasteiger partial charge in [0.25, 0.3) is 0 Å². The molecule has 0 aliphatic carbocycles. The Hall–Kier alpha value is -1.08. The number of nitrogens with zero attached hydrogens (tertiary/aromatic N) is 1. The van der Waals surface area contributed by atoms with E-state index in [9.17, 15) is 4.79 Å². The van der Waals surface area contributed by atoms with Crippen LogP contribution in [-0.4, -0.2) is 23.8 Å². The van der Waals surface area contributed by atoms with Crippen molar-refractivity contribution in [2.24, 2.45) is 0 Å². The van der Waals surface area contributed by atoms with Crippen molar-refractivity contribution in [1.29, 1.82) is 5.26 Å². The molecule has 0 saturated carbocycles. The highest BCUT2D eigenvalue weighted by Gasteiger charge is 2.08. The quantitative estimate of drug-likeness (QED) is 0.439. The first kappa shape index (κ1) is 8.92. The Morgan fingerprint density at radius 3 is 2.90 bits per heavy atom. The first-order valence-electron chi connectivity index (χ1n) is 2.94. The molecule has 0 amide bonds. The molecule has 4 nitrogen and oxygen atoms in total. The van der Waals surface area contributed by atoms with Gasteiger partial charge in [-0.2, -0.15) is 5.26 Å². The topological polar surface area (TPSA) is 70.3 Å². The van der Waals surface area contributed by atoms with Crippen molar-refractivity contribution in [3.8, 4) is 6.07 Å². The van der Waals surface area contributed by atoms with E-state index in [1.807, 2.05) is 0 Å². The van der Waals surface area contributed by atoms with E-state index < -0.39 is 12.1 Å². The van der Waals surface area contributed by atoms with E-state index in [0.717, 1.165) is 0 Å². The lowest BCUT2D eigenvalue weighted by Gasteiger charge is -2.00. The number of carbonyl (C=O) groups is 1. The minimum absolute atomic E-state index is 0.246. The van der Waals surface area contributed by atoms with Crippen molar-refractivity contribution in [3.63, 3.8) is 0 Å². The molecule has 4 heteroatoms. The second kappa shape index (κ2) is 4.77. The summed E-state index contributed by atoms with van der Waals surface area (Å²) < 4.78 is 4.46. The Balaban J connectivity index is 3.49. The first-order valence-corrected chi connectivity index (χ1v) is 2.94. The fourth-order valence-corrected chi connectivity index (χ4v) is 0.423. The number of aliphatic hydroxyl groups is 1. The number of hydrogen-bond donors (Lipinski definition) is 1. The molecule has 0 fully saturated rings. The minimum atomic E-state index is -1.24.